The van der Waals surface area contributed by atoms with Gasteiger partial charge in [-0.05, 0) is 43.3 Å². The summed E-state index contributed by atoms with van der Waals surface area (Å²) in [4.78, 5) is 30.9. The van der Waals surface area contributed by atoms with E-state index >= 15 is 0 Å². The Hall–Kier alpha value is -3.26. The molecule has 4 rings (SSSR count). The van der Waals surface area contributed by atoms with Crippen molar-refractivity contribution in [3.8, 4) is 0 Å². The molecule has 138 valence electrons. The van der Waals surface area contributed by atoms with Gasteiger partial charge in [0.25, 0.3) is 11.8 Å². The van der Waals surface area contributed by atoms with Crippen LogP contribution < -0.4 is 5.32 Å². The molecule has 1 saturated heterocycles. The van der Waals surface area contributed by atoms with Crippen molar-refractivity contribution in [3.63, 3.8) is 0 Å². The second-order valence-electron chi connectivity index (χ2n) is 6.32. The molecule has 27 heavy (non-hydrogen) atoms. The van der Waals surface area contributed by atoms with Crippen LogP contribution in [0.1, 0.15) is 26.5 Å². The summed E-state index contributed by atoms with van der Waals surface area (Å²) in [5.74, 6) is 0.368. The molecule has 1 fully saturated rings. The summed E-state index contributed by atoms with van der Waals surface area (Å²) in [5.41, 5.74) is 2.37. The van der Waals surface area contributed by atoms with E-state index in [1.165, 1.54) is 0 Å². The van der Waals surface area contributed by atoms with E-state index in [0.29, 0.717) is 48.9 Å². The fourth-order valence-corrected chi connectivity index (χ4v) is 2.98. The molecule has 0 bridgehead atoms. The van der Waals surface area contributed by atoms with Crippen molar-refractivity contribution in [3.05, 3.63) is 59.5 Å². The highest BCUT2D eigenvalue weighted by Crippen LogP contribution is 2.13. The molecular weight excluding hydrogens is 346 g/mol. The Bertz CT molecular complexity index is 990. The quantitative estimate of drug-likeness (QED) is 0.764. The average molecular weight is 365 g/mol. The number of anilines is 1. The molecule has 1 aliphatic heterocycles. The second-order valence-corrected chi connectivity index (χ2v) is 6.32. The molecule has 0 aliphatic carbocycles. The Balaban J connectivity index is 1.45. The Morgan fingerprint density at radius 1 is 1.04 bits per heavy atom. The number of benzene rings is 1. The lowest BCUT2D eigenvalue weighted by molar-refractivity contribution is 0.0303. The molecule has 0 radical (unpaired) electrons. The predicted octanol–water partition coefficient (Wildman–Crippen LogP) is 1.76. The lowest BCUT2D eigenvalue weighted by atomic mass is 10.1. The molecule has 0 unspecified atom stereocenters. The molecule has 1 aliphatic rings. The molecule has 3 aromatic rings. The number of ether oxygens (including phenoxy) is 1. The maximum Gasteiger partial charge on any atom is 0.255 e. The summed E-state index contributed by atoms with van der Waals surface area (Å²) in [6, 6.07) is 10.2. The third-order valence-electron chi connectivity index (χ3n) is 4.39. The standard InChI is InChI=1S/C19H19N5O3/c1-13-20-17-7-6-16(12-24(17)22-13)21-18(25)14-2-4-15(5-3-14)19(26)23-8-10-27-11-9-23/h2-7,12H,8-11H2,1H3,(H,21,25). The van der Waals surface area contributed by atoms with Gasteiger partial charge in [0, 0.05) is 24.2 Å². The van der Waals surface area contributed by atoms with Crippen LogP contribution in [0, 0.1) is 6.92 Å². The number of carbonyl (C=O) groups is 2. The maximum absolute atomic E-state index is 12.5. The van der Waals surface area contributed by atoms with Gasteiger partial charge in [0.1, 0.15) is 5.82 Å². The maximum atomic E-state index is 12.5. The molecule has 8 heteroatoms. The van der Waals surface area contributed by atoms with Crippen LogP contribution in [0.2, 0.25) is 0 Å². The van der Waals surface area contributed by atoms with Gasteiger partial charge in [0.15, 0.2) is 5.65 Å². The monoisotopic (exact) mass is 365 g/mol. The van der Waals surface area contributed by atoms with E-state index in [0.717, 1.165) is 5.65 Å². The van der Waals surface area contributed by atoms with E-state index in [1.54, 1.807) is 52.0 Å². The lowest BCUT2D eigenvalue weighted by Gasteiger charge is -2.26. The van der Waals surface area contributed by atoms with Crippen LogP contribution in [0.15, 0.2) is 42.6 Å². The van der Waals surface area contributed by atoms with Gasteiger partial charge in [0.2, 0.25) is 0 Å². The summed E-state index contributed by atoms with van der Waals surface area (Å²) in [6.07, 6.45) is 1.71. The van der Waals surface area contributed by atoms with Gasteiger partial charge in [-0.3, -0.25) is 9.59 Å². The summed E-state index contributed by atoms with van der Waals surface area (Å²) in [6.45, 7) is 4.10. The van der Waals surface area contributed by atoms with Gasteiger partial charge >= 0.3 is 0 Å². The number of morpholine rings is 1. The fraction of sp³-hybridized carbons (Fsp3) is 0.263. The van der Waals surface area contributed by atoms with Crippen LogP contribution in [0.3, 0.4) is 0 Å². The molecule has 1 aromatic carbocycles. The summed E-state index contributed by atoms with van der Waals surface area (Å²) in [7, 11) is 0. The average Bonchev–Trinajstić information content (AvgIpc) is 3.07. The van der Waals surface area contributed by atoms with Gasteiger partial charge in [0.05, 0.1) is 25.1 Å². The van der Waals surface area contributed by atoms with Crippen LogP contribution in [0.25, 0.3) is 5.65 Å². The third-order valence-corrected chi connectivity index (χ3v) is 4.39. The normalized spacial score (nSPS) is 14.3. The first-order valence-electron chi connectivity index (χ1n) is 8.72. The number of aromatic nitrogens is 3. The predicted molar refractivity (Wildman–Crippen MR) is 98.8 cm³/mol. The molecular formula is C19H19N5O3. The molecule has 0 saturated carbocycles. The molecule has 2 aromatic heterocycles. The second kappa shape index (κ2) is 7.16. The number of rotatable bonds is 3. The molecule has 2 amide bonds. The van der Waals surface area contributed by atoms with E-state index < -0.39 is 0 Å². The van der Waals surface area contributed by atoms with Crippen molar-refractivity contribution in [2.75, 3.05) is 31.6 Å². The van der Waals surface area contributed by atoms with Crippen molar-refractivity contribution in [1.29, 1.82) is 0 Å². The minimum Gasteiger partial charge on any atom is -0.378 e. The van der Waals surface area contributed by atoms with Crippen LogP contribution in [0.4, 0.5) is 5.69 Å². The number of amides is 2. The fourth-order valence-electron chi connectivity index (χ4n) is 2.98. The first-order valence-corrected chi connectivity index (χ1v) is 8.72. The smallest absolute Gasteiger partial charge is 0.255 e. The van der Waals surface area contributed by atoms with E-state index in [1.807, 2.05) is 6.92 Å². The van der Waals surface area contributed by atoms with Crippen molar-refractivity contribution in [1.82, 2.24) is 19.5 Å². The first kappa shape index (κ1) is 17.2. The van der Waals surface area contributed by atoms with Crippen molar-refractivity contribution in [2.45, 2.75) is 6.92 Å². The Labute approximate surface area is 155 Å². The summed E-state index contributed by atoms with van der Waals surface area (Å²) < 4.78 is 6.88. The minimum absolute atomic E-state index is 0.0442. The number of carbonyl (C=O) groups excluding carboxylic acids is 2. The summed E-state index contributed by atoms with van der Waals surface area (Å²) >= 11 is 0. The number of hydrogen-bond donors (Lipinski definition) is 1. The van der Waals surface area contributed by atoms with Crippen molar-refractivity contribution >= 4 is 23.1 Å². The number of hydrogen-bond acceptors (Lipinski definition) is 5. The van der Waals surface area contributed by atoms with Gasteiger partial charge < -0.3 is 15.0 Å². The van der Waals surface area contributed by atoms with Crippen molar-refractivity contribution < 1.29 is 14.3 Å². The highest BCUT2D eigenvalue weighted by Gasteiger charge is 2.18. The van der Waals surface area contributed by atoms with E-state index in [2.05, 4.69) is 15.4 Å². The first-order chi connectivity index (χ1) is 13.1. The van der Waals surface area contributed by atoms with Crippen LogP contribution >= 0.6 is 0 Å². The molecule has 3 heterocycles. The molecule has 1 N–H and O–H groups in total. The topological polar surface area (TPSA) is 88.8 Å². The largest absolute Gasteiger partial charge is 0.378 e. The third kappa shape index (κ3) is 3.65. The van der Waals surface area contributed by atoms with E-state index in [-0.39, 0.29) is 11.8 Å². The lowest BCUT2D eigenvalue weighted by Crippen LogP contribution is -2.40. The highest BCUT2D eigenvalue weighted by atomic mass is 16.5. The van der Waals surface area contributed by atoms with Gasteiger partial charge in [-0.2, -0.15) is 5.10 Å². The number of nitrogens with one attached hydrogen (secondary N) is 1. The van der Waals surface area contributed by atoms with Gasteiger partial charge in [-0.1, -0.05) is 0 Å². The SMILES string of the molecule is Cc1nc2ccc(NC(=O)c3ccc(C(=O)N4CCOCC4)cc3)cn2n1. The number of nitrogens with zero attached hydrogens (tertiary/aromatic N) is 4. The van der Waals surface area contributed by atoms with E-state index in [9.17, 15) is 9.59 Å². The van der Waals surface area contributed by atoms with Gasteiger partial charge in [-0.15, -0.1) is 0 Å². The zero-order chi connectivity index (χ0) is 18.8. The number of fused-ring (bicyclic) bond motifs is 1. The summed E-state index contributed by atoms with van der Waals surface area (Å²) in [5, 5.41) is 7.06. The number of aryl methyl sites for hydroxylation is 1. The van der Waals surface area contributed by atoms with Gasteiger partial charge in [-0.25, -0.2) is 9.50 Å². The highest BCUT2D eigenvalue weighted by molar-refractivity contribution is 6.05. The van der Waals surface area contributed by atoms with Crippen LogP contribution in [0.5, 0.6) is 0 Å². The van der Waals surface area contributed by atoms with Crippen molar-refractivity contribution in [2.24, 2.45) is 0 Å². The Kier molecular flexibility index (Phi) is 4.55. The zero-order valence-corrected chi connectivity index (χ0v) is 14.9. The number of pyridine rings is 1. The minimum atomic E-state index is -0.253. The molecule has 0 spiro atoms. The van der Waals surface area contributed by atoms with Crippen LogP contribution in [-0.4, -0.2) is 57.6 Å². The zero-order valence-electron chi connectivity index (χ0n) is 14.9. The van der Waals surface area contributed by atoms with E-state index in [4.69, 9.17) is 4.74 Å². The molecule has 8 nitrogen and oxygen atoms in total. The Morgan fingerprint density at radius 2 is 1.74 bits per heavy atom. The van der Waals surface area contributed by atoms with Crippen LogP contribution in [-0.2, 0) is 4.74 Å². The Morgan fingerprint density at radius 3 is 2.48 bits per heavy atom. The molecule has 0 atom stereocenters.